The normalized spacial score (nSPS) is 12.3. The molecule has 0 aliphatic heterocycles. The Morgan fingerprint density at radius 2 is 0.767 bits per heavy atom. The van der Waals surface area contributed by atoms with Crippen LogP contribution in [0.3, 0.4) is 0 Å². The zero-order valence-electron chi connectivity index (χ0n) is 18.9. The smallest absolute Gasteiger partial charge is 0.458 e. The summed E-state index contributed by atoms with van der Waals surface area (Å²) in [6.45, 7) is 12.9. The maximum absolute atomic E-state index is 12.0. The second kappa shape index (κ2) is 16.6. The molecule has 0 aliphatic rings. The Morgan fingerprint density at radius 1 is 0.533 bits per heavy atom. The number of hydrogen-bond donors (Lipinski definition) is 0. The highest BCUT2D eigenvalue weighted by Gasteiger charge is 2.43. The molecule has 176 valence electrons. The second-order valence-electron chi connectivity index (χ2n) is 5.51. The Kier molecular flexibility index (Phi) is 15.9. The molecule has 30 heavy (non-hydrogen) atoms. The van der Waals surface area contributed by atoms with Crippen molar-refractivity contribution in [2.45, 2.75) is 41.5 Å². The summed E-state index contributed by atoms with van der Waals surface area (Å²) in [5, 5.41) is 0. The summed E-state index contributed by atoms with van der Waals surface area (Å²) >= 11 is 0. The van der Waals surface area contributed by atoms with Crippen molar-refractivity contribution in [2.24, 2.45) is 0 Å². The molecule has 12 heteroatoms. The molecular formula is C18H36O10Si2. The van der Waals surface area contributed by atoms with E-state index in [1.165, 1.54) is 0 Å². The van der Waals surface area contributed by atoms with Gasteiger partial charge in [0.1, 0.15) is 0 Å². The average molecular weight is 469 g/mol. The van der Waals surface area contributed by atoms with Gasteiger partial charge in [-0.1, -0.05) is 0 Å². The predicted octanol–water partition coefficient (Wildman–Crippen LogP) is 1.80. The Hall–Kier alpha value is -1.13. The molecule has 0 saturated carbocycles. The summed E-state index contributed by atoms with van der Waals surface area (Å²) in [7, 11) is -6.24. The average Bonchev–Trinajstić information content (AvgIpc) is 2.70. The van der Waals surface area contributed by atoms with Gasteiger partial charge in [0.2, 0.25) is 0 Å². The third kappa shape index (κ3) is 11.3. The number of esters is 2. The summed E-state index contributed by atoms with van der Waals surface area (Å²) in [6.07, 6.45) is 1.62. The quantitative estimate of drug-likeness (QED) is 0.168. The molecule has 0 saturated heterocycles. The van der Waals surface area contributed by atoms with Gasteiger partial charge < -0.3 is 36.0 Å². The molecule has 0 atom stereocenters. The van der Waals surface area contributed by atoms with Gasteiger partial charge in [0, 0.05) is 51.8 Å². The first kappa shape index (κ1) is 28.9. The highest BCUT2D eigenvalue weighted by molar-refractivity contribution is 6.61. The number of carbonyl (C=O) groups is 2. The lowest BCUT2D eigenvalue weighted by Gasteiger charge is -2.27. The van der Waals surface area contributed by atoms with Crippen molar-refractivity contribution < 1.29 is 45.6 Å². The molecule has 0 aliphatic carbocycles. The lowest BCUT2D eigenvalue weighted by atomic mass is 10.5. The lowest BCUT2D eigenvalue weighted by Crippen LogP contribution is -2.51. The molecule has 0 rings (SSSR count). The van der Waals surface area contributed by atoms with E-state index in [1.807, 2.05) is 0 Å². The first-order valence-electron chi connectivity index (χ1n) is 10.2. The molecule has 0 radical (unpaired) electrons. The highest BCUT2D eigenvalue weighted by Crippen LogP contribution is 2.12. The van der Waals surface area contributed by atoms with E-state index in [4.69, 9.17) is 36.0 Å². The van der Waals surface area contributed by atoms with Crippen molar-refractivity contribution in [3.05, 3.63) is 12.2 Å². The fourth-order valence-corrected chi connectivity index (χ4v) is 6.65. The van der Waals surface area contributed by atoms with Crippen molar-refractivity contribution in [3.8, 4) is 0 Å². The molecule has 0 amide bonds. The third-order valence-corrected chi connectivity index (χ3v) is 8.69. The second-order valence-corrected chi connectivity index (χ2v) is 10.6. The molecule has 0 fully saturated rings. The molecule has 0 aromatic carbocycles. The number of carbonyl (C=O) groups excluding carboxylic acids is 2. The van der Waals surface area contributed by atoms with Gasteiger partial charge >= 0.3 is 29.5 Å². The monoisotopic (exact) mass is 468 g/mol. The minimum atomic E-state index is -3.12. The van der Waals surface area contributed by atoms with E-state index >= 15 is 0 Å². The summed E-state index contributed by atoms with van der Waals surface area (Å²) in [5.41, 5.74) is 0. The van der Waals surface area contributed by atoms with Crippen molar-refractivity contribution in [3.63, 3.8) is 0 Å². The molecule has 0 aromatic heterocycles. The van der Waals surface area contributed by atoms with Crippen LogP contribution in [-0.2, 0) is 45.6 Å². The predicted molar refractivity (Wildman–Crippen MR) is 112 cm³/mol. The molecule has 0 spiro atoms. The van der Waals surface area contributed by atoms with Crippen LogP contribution in [-0.4, -0.2) is 81.6 Å². The van der Waals surface area contributed by atoms with E-state index in [0.29, 0.717) is 39.6 Å². The number of ether oxygens (including phenoxy) is 2. The molecule has 0 N–H and O–H groups in total. The van der Waals surface area contributed by atoms with Gasteiger partial charge in [-0.3, -0.25) is 0 Å². The van der Waals surface area contributed by atoms with Crippen LogP contribution < -0.4 is 0 Å². The molecular weight excluding hydrogens is 432 g/mol. The largest absolute Gasteiger partial charge is 0.540 e. The van der Waals surface area contributed by atoms with Crippen molar-refractivity contribution in [2.75, 3.05) is 52.1 Å². The van der Waals surface area contributed by atoms with E-state index in [1.54, 1.807) is 41.5 Å². The summed E-state index contributed by atoms with van der Waals surface area (Å²) < 4.78 is 43.9. The van der Waals surface area contributed by atoms with Gasteiger partial charge in [-0.05, 0) is 41.5 Å². The maximum atomic E-state index is 12.0. The Labute approximate surface area is 181 Å². The third-order valence-electron chi connectivity index (χ3n) is 3.32. The Bertz CT molecular complexity index is 437. The van der Waals surface area contributed by atoms with E-state index < -0.39 is 29.5 Å². The number of hydrogen-bond acceptors (Lipinski definition) is 10. The first-order valence-corrected chi connectivity index (χ1v) is 14.1. The molecule has 0 heterocycles. The zero-order valence-corrected chi connectivity index (χ0v) is 20.9. The van der Waals surface area contributed by atoms with Crippen LogP contribution in [0, 0.1) is 0 Å². The highest BCUT2D eigenvalue weighted by atomic mass is 28.4. The standard InChI is InChI=1S/C18H36O10Si2/c1-7-23-29(24-8-2,25-9-3)15-21-17(19)13-14-18(20)22-16-30(26-10-4,27-11-5)28-12-6/h13-14H,7-12,15-16H2,1-6H3/b14-13+. The molecule has 10 nitrogen and oxygen atoms in total. The first-order chi connectivity index (χ1) is 14.4. The fraction of sp³-hybridized carbons (Fsp3) is 0.778. The van der Waals surface area contributed by atoms with Gasteiger partial charge in [-0.2, -0.15) is 0 Å². The molecule has 0 unspecified atom stereocenters. The maximum Gasteiger partial charge on any atom is 0.540 e. The molecule has 0 bridgehead atoms. The lowest BCUT2D eigenvalue weighted by molar-refractivity contribution is -0.140. The minimum absolute atomic E-state index is 0.157. The summed E-state index contributed by atoms with van der Waals surface area (Å²) in [5.74, 6) is -1.49. The van der Waals surface area contributed by atoms with Gasteiger partial charge in [-0.15, -0.1) is 0 Å². The van der Waals surface area contributed by atoms with Gasteiger partial charge in [0.25, 0.3) is 0 Å². The van der Waals surface area contributed by atoms with E-state index in [9.17, 15) is 9.59 Å². The van der Waals surface area contributed by atoms with Crippen LogP contribution in [0.15, 0.2) is 12.2 Å². The summed E-state index contributed by atoms with van der Waals surface area (Å²) in [6, 6.07) is 0. The van der Waals surface area contributed by atoms with Crippen LogP contribution in [0.25, 0.3) is 0 Å². The van der Waals surface area contributed by atoms with Crippen molar-refractivity contribution in [1.82, 2.24) is 0 Å². The summed E-state index contributed by atoms with van der Waals surface area (Å²) in [4.78, 5) is 24.0. The molecule has 0 aromatic rings. The Balaban J connectivity index is 4.79. The van der Waals surface area contributed by atoms with Crippen molar-refractivity contribution >= 4 is 29.5 Å². The van der Waals surface area contributed by atoms with Crippen LogP contribution >= 0.6 is 0 Å². The van der Waals surface area contributed by atoms with Gasteiger partial charge in [0.15, 0.2) is 12.5 Å². The Morgan fingerprint density at radius 3 is 0.967 bits per heavy atom. The van der Waals surface area contributed by atoms with Crippen LogP contribution in [0.1, 0.15) is 41.5 Å². The van der Waals surface area contributed by atoms with Crippen LogP contribution in [0.4, 0.5) is 0 Å². The van der Waals surface area contributed by atoms with E-state index in [-0.39, 0.29) is 12.5 Å². The van der Waals surface area contributed by atoms with E-state index in [0.717, 1.165) is 12.2 Å². The zero-order chi connectivity index (χ0) is 22.9. The SMILES string of the molecule is CCO[Si](COC(=O)/C=C/C(=O)OC[Si](OCC)(OCC)OCC)(OCC)OCC. The van der Waals surface area contributed by atoms with Crippen molar-refractivity contribution in [1.29, 1.82) is 0 Å². The minimum Gasteiger partial charge on any atom is -0.458 e. The van der Waals surface area contributed by atoms with Crippen LogP contribution in [0.5, 0.6) is 0 Å². The van der Waals surface area contributed by atoms with E-state index in [2.05, 4.69) is 0 Å². The topological polar surface area (TPSA) is 108 Å². The van der Waals surface area contributed by atoms with Gasteiger partial charge in [-0.25, -0.2) is 9.59 Å². The fourth-order valence-electron chi connectivity index (χ4n) is 2.37. The van der Waals surface area contributed by atoms with Gasteiger partial charge in [0.05, 0.1) is 0 Å². The number of rotatable bonds is 18. The van der Waals surface area contributed by atoms with Crippen LogP contribution in [0.2, 0.25) is 0 Å².